The van der Waals surface area contributed by atoms with E-state index in [1.54, 1.807) is 0 Å². The summed E-state index contributed by atoms with van der Waals surface area (Å²) in [5.41, 5.74) is 1.14. The Morgan fingerprint density at radius 2 is 1.77 bits per heavy atom. The smallest absolute Gasteiger partial charge is 0.0151 e. The SMILES string of the molecule is CN(C)[C@@H]1C[C@@H]2CC[C@@]1(C)C2(C)C. The Kier molecular flexibility index (Phi) is 1.83. The molecule has 1 nitrogen and oxygen atoms in total. The van der Waals surface area contributed by atoms with Crippen LogP contribution in [0.2, 0.25) is 0 Å². The Bertz CT molecular complexity index is 219. The number of hydrogen-bond donors (Lipinski definition) is 0. The molecule has 2 rings (SSSR count). The maximum atomic E-state index is 2.50. The molecule has 0 spiro atoms. The molecule has 2 bridgehead atoms. The van der Waals surface area contributed by atoms with Gasteiger partial charge in [0.2, 0.25) is 0 Å². The van der Waals surface area contributed by atoms with E-state index in [1.165, 1.54) is 19.3 Å². The van der Waals surface area contributed by atoms with Gasteiger partial charge < -0.3 is 4.90 Å². The first-order valence-electron chi connectivity index (χ1n) is 5.56. The maximum absolute atomic E-state index is 2.50. The third-order valence-corrected chi connectivity index (χ3v) is 5.37. The fourth-order valence-corrected chi connectivity index (χ4v) is 3.94. The van der Waals surface area contributed by atoms with Crippen molar-refractivity contribution in [2.24, 2.45) is 16.7 Å². The highest BCUT2D eigenvalue weighted by molar-refractivity contribution is 5.12. The summed E-state index contributed by atoms with van der Waals surface area (Å²) in [6.07, 6.45) is 4.33. The van der Waals surface area contributed by atoms with E-state index in [0.29, 0.717) is 10.8 Å². The highest BCUT2D eigenvalue weighted by Crippen LogP contribution is 2.66. The minimum atomic E-state index is 0.571. The molecule has 0 N–H and O–H groups in total. The van der Waals surface area contributed by atoms with Gasteiger partial charge in [0, 0.05) is 6.04 Å². The van der Waals surface area contributed by atoms with Crippen molar-refractivity contribution in [1.82, 2.24) is 4.90 Å². The van der Waals surface area contributed by atoms with E-state index in [-0.39, 0.29) is 0 Å². The molecular weight excluding hydrogens is 158 g/mol. The Balaban J connectivity index is 2.33. The molecule has 13 heavy (non-hydrogen) atoms. The van der Waals surface area contributed by atoms with Crippen molar-refractivity contribution in [1.29, 1.82) is 0 Å². The second-order valence-electron chi connectivity index (χ2n) is 6.09. The van der Waals surface area contributed by atoms with Gasteiger partial charge in [-0.3, -0.25) is 0 Å². The number of fused-ring (bicyclic) bond motifs is 2. The minimum Gasteiger partial charge on any atom is -0.306 e. The van der Waals surface area contributed by atoms with Crippen LogP contribution >= 0.6 is 0 Å². The van der Waals surface area contributed by atoms with Crippen molar-refractivity contribution in [2.45, 2.75) is 46.1 Å². The zero-order chi connectivity index (χ0) is 9.85. The van der Waals surface area contributed by atoms with Crippen molar-refractivity contribution in [3.63, 3.8) is 0 Å². The summed E-state index contributed by atoms with van der Waals surface area (Å²) in [6.45, 7) is 7.47. The molecule has 0 aromatic rings. The molecule has 2 saturated carbocycles. The Morgan fingerprint density at radius 1 is 1.15 bits per heavy atom. The molecule has 0 aromatic heterocycles. The topological polar surface area (TPSA) is 3.24 Å². The lowest BCUT2D eigenvalue weighted by Gasteiger charge is -2.42. The van der Waals surface area contributed by atoms with Gasteiger partial charge in [0.1, 0.15) is 0 Å². The monoisotopic (exact) mass is 181 g/mol. The van der Waals surface area contributed by atoms with E-state index in [2.05, 4.69) is 39.8 Å². The molecule has 0 radical (unpaired) electrons. The first-order valence-corrected chi connectivity index (χ1v) is 5.56. The molecule has 3 atom stereocenters. The van der Waals surface area contributed by atoms with Crippen LogP contribution in [0.1, 0.15) is 40.0 Å². The number of nitrogens with zero attached hydrogens (tertiary/aromatic N) is 1. The zero-order valence-electron chi connectivity index (χ0n) is 9.72. The highest BCUT2D eigenvalue weighted by atomic mass is 15.1. The van der Waals surface area contributed by atoms with Crippen molar-refractivity contribution < 1.29 is 0 Å². The largest absolute Gasteiger partial charge is 0.306 e. The molecule has 1 heteroatoms. The van der Waals surface area contributed by atoms with Gasteiger partial charge in [0.15, 0.2) is 0 Å². The third kappa shape index (κ3) is 0.971. The molecule has 0 saturated heterocycles. The summed E-state index contributed by atoms with van der Waals surface area (Å²) in [6, 6.07) is 0.821. The predicted octanol–water partition coefficient (Wildman–Crippen LogP) is 2.76. The molecule has 2 fully saturated rings. The van der Waals surface area contributed by atoms with E-state index in [9.17, 15) is 0 Å². The fourth-order valence-electron chi connectivity index (χ4n) is 3.94. The summed E-state index contributed by atoms with van der Waals surface area (Å²) >= 11 is 0. The van der Waals surface area contributed by atoms with E-state index in [0.717, 1.165) is 12.0 Å². The summed E-state index contributed by atoms with van der Waals surface area (Å²) in [5, 5.41) is 0. The Hall–Kier alpha value is -0.0400. The molecular formula is C12H23N. The predicted molar refractivity (Wildman–Crippen MR) is 56.7 cm³/mol. The molecule has 0 aromatic carbocycles. The summed E-state index contributed by atoms with van der Waals surface area (Å²) in [5.74, 6) is 0.977. The maximum Gasteiger partial charge on any atom is 0.0151 e. The van der Waals surface area contributed by atoms with Crippen molar-refractivity contribution >= 4 is 0 Å². The van der Waals surface area contributed by atoms with Gasteiger partial charge in [-0.25, -0.2) is 0 Å². The van der Waals surface area contributed by atoms with Gasteiger partial charge in [-0.1, -0.05) is 20.8 Å². The first kappa shape index (κ1) is 9.51. The van der Waals surface area contributed by atoms with Gasteiger partial charge in [0.05, 0.1) is 0 Å². The molecule has 2 aliphatic carbocycles. The fraction of sp³-hybridized carbons (Fsp3) is 1.00. The normalized spacial score (nSPS) is 47.5. The zero-order valence-corrected chi connectivity index (χ0v) is 9.72. The summed E-state index contributed by atoms with van der Waals surface area (Å²) in [4.78, 5) is 2.45. The van der Waals surface area contributed by atoms with Crippen LogP contribution in [0.4, 0.5) is 0 Å². The van der Waals surface area contributed by atoms with Gasteiger partial charge in [-0.2, -0.15) is 0 Å². The van der Waals surface area contributed by atoms with Gasteiger partial charge in [-0.05, 0) is 50.1 Å². The van der Waals surface area contributed by atoms with Crippen LogP contribution in [0.25, 0.3) is 0 Å². The van der Waals surface area contributed by atoms with Crippen LogP contribution in [-0.4, -0.2) is 25.0 Å². The third-order valence-electron chi connectivity index (χ3n) is 5.37. The number of hydrogen-bond acceptors (Lipinski definition) is 1. The summed E-state index contributed by atoms with van der Waals surface area (Å²) in [7, 11) is 4.49. The average Bonchev–Trinajstić information content (AvgIpc) is 2.34. The lowest BCUT2D eigenvalue weighted by Crippen LogP contribution is -2.43. The minimum absolute atomic E-state index is 0.571. The molecule has 0 amide bonds. The quantitative estimate of drug-likeness (QED) is 0.601. The van der Waals surface area contributed by atoms with Crippen molar-refractivity contribution in [3.8, 4) is 0 Å². The van der Waals surface area contributed by atoms with Crippen LogP contribution in [0.15, 0.2) is 0 Å². The van der Waals surface area contributed by atoms with Crippen LogP contribution in [0, 0.1) is 16.7 Å². The average molecular weight is 181 g/mol. The number of rotatable bonds is 1. The lowest BCUT2D eigenvalue weighted by molar-refractivity contribution is 0.0715. The van der Waals surface area contributed by atoms with Crippen molar-refractivity contribution in [2.75, 3.05) is 14.1 Å². The van der Waals surface area contributed by atoms with Crippen LogP contribution in [-0.2, 0) is 0 Å². The van der Waals surface area contributed by atoms with E-state index in [4.69, 9.17) is 0 Å². The van der Waals surface area contributed by atoms with E-state index < -0.39 is 0 Å². The van der Waals surface area contributed by atoms with Crippen LogP contribution in [0.3, 0.4) is 0 Å². The highest BCUT2D eigenvalue weighted by Gasteiger charge is 2.61. The van der Waals surface area contributed by atoms with Crippen LogP contribution in [0.5, 0.6) is 0 Å². The lowest BCUT2D eigenvalue weighted by atomic mass is 9.69. The molecule has 76 valence electrons. The van der Waals surface area contributed by atoms with Crippen LogP contribution < -0.4 is 0 Å². The standard InChI is InChI=1S/C12H23N/c1-11(2)9-6-7-12(11,3)10(8-9)13(4)5/h9-10H,6-8H2,1-5H3/t9-,10+,12+/m0/s1. The second kappa shape index (κ2) is 2.50. The Labute approximate surface area is 82.5 Å². The first-order chi connectivity index (χ1) is 5.89. The molecule has 0 heterocycles. The van der Waals surface area contributed by atoms with Gasteiger partial charge in [0.25, 0.3) is 0 Å². The Morgan fingerprint density at radius 3 is 2.00 bits per heavy atom. The van der Waals surface area contributed by atoms with Gasteiger partial charge >= 0.3 is 0 Å². The molecule has 0 unspecified atom stereocenters. The molecule has 2 aliphatic rings. The van der Waals surface area contributed by atoms with Gasteiger partial charge in [-0.15, -0.1) is 0 Å². The van der Waals surface area contributed by atoms with E-state index >= 15 is 0 Å². The van der Waals surface area contributed by atoms with E-state index in [1.807, 2.05) is 0 Å². The second-order valence-corrected chi connectivity index (χ2v) is 6.09. The van der Waals surface area contributed by atoms with Crippen molar-refractivity contribution in [3.05, 3.63) is 0 Å². The summed E-state index contributed by atoms with van der Waals surface area (Å²) < 4.78 is 0. The molecule has 0 aliphatic heterocycles.